The van der Waals surface area contributed by atoms with E-state index in [-0.39, 0.29) is 0 Å². The molecule has 0 bridgehead atoms. The number of furan rings is 1. The van der Waals surface area contributed by atoms with E-state index in [0.29, 0.717) is 5.92 Å². The molecule has 1 aromatic carbocycles. The van der Waals surface area contributed by atoms with Crippen LogP contribution in [0.1, 0.15) is 60.8 Å². The first-order valence-electron chi connectivity index (χ1n) is 7.14. The van der Waals surface area contributed by atoms with Gasteiger partial charge >= 0.3 is 0 Å². The maximum absolute atomic E-state index is 10.2. The summed E-state index contributed by atoms with van der Waals surface area (Å²) in [6, 6.07) is 10.2. The summed E-state index contributed by atoms with van der Waals surface area (Å²) in [6.45, 7) is 0. The number of hydrogen-bond acceptors (Lipinski definition) is 2. The van der Waals surface area contributed by atoms with E-state index in [2.05, 4.69) is 12.1 Å². The minimum atomic E-state index is -0.584. The van der Waals surface area contributed by atoms with Crippen LogP contribution in [0.2, 0.25) is 0 Å². The molecule has 0 spiro atoms. The highest BCUT2D eigenvalue weighted by Gasteiger charge is 2.16. The van der Waals surface area contributed by atoms with Gasteiger partial charge in [0, 0.05) is 5.56 Å². The molecule has 1 fully saturated rings. The summed E-state index contributed by atoms with van der Waals surface area (Å²) in [4.78, 5) is 0. The van der Waals surface area contributed by atoms with Crippen molar-refractivity contribution < 1.29 is 9.52 Å². The van der Waals surface area contributed by atoms with Crippen LogP contribution in [-0.2, 0) is 0 Å². The van der Waals surface area contributed by atoms with Gasteiger partial charge in [-0.1, -0.05) is 43.5 Å². The molecule has 0 radical (unpaired) electrons. The summed E-state index contributed by atoms with van der Waals surface area (Å²) in [5.74, 6) is 0.717. The quantitative estimate of drug-likeness (QED) is 0.882. The van der Waals surface area contributed by atoms with Crippen LogP contribution in [0.4, 0.5) is 0 Å². The Bertz CT molecular complexity index is 493. The Morgan fingerprint density at radius 3 is 2.32 bits per heavy atom. The monoisotopic (exact) mass is 256 g/mol. The molecule has 1 aliphatic rings. The van der Waals surface area contributed by atoms with Gasteiger partial charge in [-0.2, -0.15) is 0 Å². The molecule has 0 amide bonds. The molecule has 0 saturated heterocycles. The average molecular weight is 256 g/mol. The first-order valence-corrected chi connectivity index (χ1v) is 7.14. The second-order valence-corrected chi connectivity index (χ2v) is 5.46. The Labute approximate surface area is 114 Å². The number of rotatable bonds is 3. The zero-order chi connectivity index (χ0) is 13.1. The first-order chi connectivity index (χ1) is 9.34. The van der Waals surface area contributed by atoms with E-state index >= 15 is 0 Å². The summed E-state index contributed by atoms with van der Waals surface area (Å²) in [5.41, 5.74) is 3.16. The lowest BCUT2D eigenvalue weighted by Gasteiger charge is -2.22. The lowest BCUT2D eigenvalue weighted by atomic mass is 9.83. The topological polar surface area (TPSA) is 33.4 Å². The number of hydrogen-bond donors (Lipinski definition) is 1. The maximum Gasteiger partial charge on any atom is 0.107 e. The van der Waals surface area contributed by atoms with Crippen molar-refractivity contribution in [3.05, 3.63) is 59.5 Å². The molecule has 2 heteroatoms. The highest BCUT2D eigenvalue weighted by Crippen LogP contribution is 2.33. The van der Waals surface area contributed by atoms with Crippen LogP contribution in [0.25, 0.3) is 0 Å². The highest BCUT2D eigenvalue weighted by atomic mass is 16.3. The molecular weight excluding hydrogens is 236 g/mol. The first kappa shape index (κ1) is 12.5. The molecule has 1 saturated carbocycles. The molecule has 1 aromatic heterocycles. The summed E-state index contributed by atoms with van der Waals surface area (Å²) < 4.78 is 5.02. The molecule has 2 nitrogen and oxygen atoms in total. The van der Waals surface area contributed by atoms with E-state index < -0.39 is 6.10 Å². The van der Waals surface area contributed by atoms with Gasteiger partial charge in [-0.15, -0.1) is 0 Å². The Kier molecular flexibility index (Phi) is 3.69. The summed E-state index contributed by atoms with van der Waals surface area (Å²) in [5, 5.41) is 10.2. The van der Waals surface area contributed by atoms with Crippen molar-refractivity contribution in [2.75, 3.05) is 0 Å². The largest absolute Gasteiger partial charge is 0.472 e. The van der Waals surface area contributed by atoms with Gasteiger partial charge in [0.15, 0.2) is 0 Å². The molecule has 2 aromatic rings. The lowest BCUT2D eigenvalue weighted by Crippen LogP contribution is -2.05. The Balaban J connectivity index is 1.75. The Hall–Kier alpha value is -1.54. The fourth-order valence-electron chi connectivity index (χ4n) is 3.01. The predicted molar refractivity (Wildman–Crippen MR) is 75.0 cm³/mol. The fraction of sp³-hybridized carbons (Fsp3) is 0.412. The second kappa shape index (κ2) is 5.62. The van der Waals surface area contributed by atoms with Crippen molar-refractivity contribution in [1.29, 1.82) is 0 Å². The van der Waals surface area contributed by atoms with Crippen molar-refractivity contribution in [1.82, 2.24) is 0 Å². The summed E-state index contributed by atoms with van der Waals surface area (Å²) in [6.07, 6.45) is 9.31. The third kappa shape index (κ3) is 2.74. The molecule has 0 aliphatic heterocycles. The minimum Gasteiger partial charge on any atom is -0.472 e. The van der Waals surface area contributed by atoms with Gasteiger partial charge < -0.3 is 9.52 Å². The van der Waals surface area contributed by atoms with Crippen molar-refractivity contribution in [3.63, 3.8) is 0 Å². The molecule has 1 atom stereocenters. The molecule has 19 heavy (non-hydrogen) atoms. The van der Waals surface area contributed by atoms with E-state index in [9.17, 15) is 5.11 Å². The molecule has 1 N–H and O–H groups in total. The third-order valence-electron chi connectivity index (χ3n) is 4.19. The van der Waals surface area contributed by atoms with Crippen LogP contribution < -0.4 is 0 Å². The van der Waals surface area contributed by atoms with E-state index in [1.807, 2.05) is 12.1 Å². The number of benzene rings is 1. The highest BCUT2D eigenvalue weighted by molar-refractivity contribution is 5.31. The van der Waals surface area contributed by atoms with Gasteiger partial charge in [-0.05, 0) is 36.0 Å². The van der Waals surface area contributed by atoms with E-state index in [1.165, 1.54) is 37.7 Å². The summed E-state index contributed by atoms with van der Waals surface area (Å²) in [7, 11) is 0. The van der Waals surface area contributed by atoms with E-state index in [1.54, 1.807) is 18.6 Å². The lowest BCUT2D eigenvalue weighted by molar-refractivity contribution is 0.219. The number of aliphatic hydroxyl groups is 1. The minimum absolute atomic E-state index is 0.584. The van der Waals surface area contributed by atoms with Crippen LogP contribution in [-0.4, -0.2) is 5.11 Å². The second-order valence-electron chi connectivity index (χ2n) is 5.46. The van der Waals surface area contributed by atoms with Crippen molar-refractivity contribution >= 4 is 0 Å². The van der Waals surface area contributed by atoms with Crippen molar-refractivity contribution in [3.8, 4) is 0 Å². The van der Waals surface area contributed by atoms with Gasteiger partial charge in [-0.3, -0.25) is 0 Å². The van der Waals surface area contributed by atoms with Crippen molar-refractivity contribution in [2.24, 2.45) is 0 Å². The van der Waals surface area contributed by atoms with Crippen LogP contribution in [0.15, 0.2) is 47.3 Å². The van der Waals surface area contributed by atoms with Gasteiger partial charge in [0.2, 0.25) is 0 Å². The zero-order valence-corrected chi connectivity index (χ0v) is 11.1. The van der Waals surface area contributed by atoms with Gasteiger partial charge in [0.05, 0.1) is 12.5 Å². The molecule has 3 rings (SSSR count). The van der Waals surface area contributed by atoms with E-state index in [0.717, 1.165) is 11.1 Å². The summed E-state index contributed by atoms with van der Waals surface area (Å²) >= 11 is 0. The van der Waals surface area contributed by atoms with Crippen molar-refractivity contribution in [2.45, 2.75) is 44.1 Å². The third-order valence-corrected chi connectivity index (χ3v) is 4.19. The molecule has 1 aliphatic carbocycles. The predicted octanol–water partition coefficient (Wildman–Crippen LogP) is 4.41. The molecular formula is C17H20O2. The number of aliphatic hydroxyl groups excluding tert-OH is 1. The Morgan fingerprint density at radius 2 is 1.68 bits per heavy atom. The molecule has 1 heterocycles. The maximum atomic E-state index is 10.2. The standard InChI is InChI=1S/C17H20O2/c18-17(16-10-11-19-12-16)15-8-6-14(7-9-15)13-4-2-1-3-5-13/h6-13,17-18H,1-5H2. The van der Waals surface area contributed by atoms with Crippen LogP contribution in [0.3, 0.4) is 0 Å². The Morgan fingerprint density at radius 1 is 0.947 bits per heavy atom. The smallest absolute Gasteiger partial charge is 0.107 e. The van der Waals surface area contributed by atoms with Crippen LogP contribution in [0.5, 0.6) is 0 Å². The van der Waals surface area contributed by atoms with Crippen LogP contribution >= 0.6 is 0 Å². The molecule has 100 valence electrons. The van der Waals surface area contributed by atoms with Gasteiger partial charge in [-0.25, -0.2) is 0 Å². The average Bonchev–Trinajstić information content (AvgIpc) is 3.02. The SMILES string of the molecule is OC(c1ccc(C2CCCCC2)cc1)c1ccoc1. The fourth-order valence-corrected chi connectivity index (χ4v) is 3.01. The normalized spacial score (nSPS) is 18.4. The van der Waals surface area contributed by atoms with Gasteiger partial charge in [0.1, 0.15) is 6.10 Å². The molecule has 1 unspecified atom stereocenters. The van der Waals surface area contributed by atoms with Crippen LogP contribution in [0, 0.1) is 0 Å². The van der Waals surface area contributed by atoms with E-state index in [4.69, 9.17) is 4.42 Å². The zero-order valence-electron chi connectivity index (χ0n) is 11.1. The van der Waals surface area contributed by atoms with Gasteiger partial charge in [0.25, 0.3) is 0 Å².